The molecule has 0 aromatic carbocycles. The molecule has 1 aromatic rings. The molecule has 0 atom stereocenters. The summed E-state index contributed by atoms with van der Waals surface area (Å²) in [6.07, 6.45) is 0. The highest BCUT2D eigenvalue weighted by atomic mass is 32.2. The lowest BCUT2D eigenvalue weighted by molar-refractivity contribution is 0.312. The number of ether oxygens (including phenoxy) is 1. The molecule has 0 aliphatic carbocycles. The molecule has 0 saturated carbocycles. The zero-order valence-corrected chi connectivity index (χ0v) is 12.1. The predicted octanol–water partition coefficient (Wildman–Crippen LogP) is 0.271. The fourth-order valence-corrected chi connectivity index (χ4v) is 2.81. The highest BCUT2D eigenvalue weighted by Crippen LogP contribution is 2.16. The van der Waals surface area contributed by atoms with Crippen molar-refractivity contribution in [3.05, 3.63) is 0 Å². The monoisotopic (exact) mass is 285 g/mol. The molecule has 106 valence electrons. The molecule has 1 aliphatic rings. The van der Waals surface area contributed by atoms with Gasteiger partial charge in [0.1, 0.15) is 0 Å². The summed E-state index contributed by atoms with van der Waals surface area (Å²) in [5.41, 5.74) is 0. The molecule has 1 saturated heterocycles. The summed E-state index contributed by atoms with van der Waals surface area (Å²) in [6, 6.07) is 0.329. The lowest BCUT2D eigenvalue weighted by Crippen LogP contribution is -2.39. The number of nitrogens with zero attached hydrogens (tertiary/aromatic N) is 4. The Morgan fingerprint density at radius 2 is 2.00 bits per heavy atom. The largest absolute Gasteiger partial charge is 0.464 e. The molecule has 7 nitrogen and oxygen atoms in total. The number of nitrogens with one attached hydrogen (secondary N) is 1. The molecule has 0 unspecified atom stereocenters. The molecule has 2 rings (SSSR count). The van der Waals surface area contributed by atoms with Crippen molar-refractivity contribution >= 4 is 22.7 Å². The highest BCUT2D eigenvalue weighted by Gasteiger charge is 2.19. The van der Waals surface area contributed by atoms with Crippen molar-refractivity contribution in [3.63, 3.8) is 0 Å². The summed E-state index contributed by atoms with van der Waals surface area (Å²) in [6.45, 7) is 6.52. The Balaban J connectivity index is 2.19. The molecule has 1 aromatic heterocycles. The van der Waals surface area contributed by atoms with Crippen molar-refractivity contribution in [1.29, 1.82) is 0 Å². The zero-order chi connectivity index (χ0) is 13.7. The minimum atomic E-state index is -0.712. The van der Waals surface area contributed by atoms with E-state index < -0.39 is 10.8 Å². The SMILES string of the molecule is CCNc1nc(OCC)nc(N2CCS(=O)CC2)n1. The summed E-state index contributed by atoms with van der Waals surface area (Å²) in [5.74, 6) is 2.42. The Hall–Kier alpha value is -1.44. The minimum Gasteiger partial charge on any atom is -0.464 e. The van der Waals surface area contributed by atoms with Gasteiger partial charge in [-0.25, -0.2) is 0 Å². The van der Waals surface area contributed by atoms with E-state index in [4.69, 9.17) is 4.74 Å². The second-order valence-corrected chi connectivity index (χ2v) is 5.74. The average Bonchev–Trinajstić information content (AvgIpc) is 2.40. The van der Waals surface area contributed by atoms with Crippen LogP contribution in [0.25, 0.3) is 0 Å². The van der Waals surface area contributed by atoms with Crippen LogP contribution in [0, 0.1) is 0 Å². The summed E-state index contributed by atoms with van der Waals surface area (Å²) >= 11 is 0. The zero-order valence-electron chi connectivity index (χ0n) is 11.3. The lowest BCUT2D eigenvalue weighted by atomic mass is 10.5. The van der Waals surface area contributed by atoms with Gasteiger partial charge in [0.05, 0.1) is 6.61 Å². The van der Waals surface area contributed by atoms with Gasteiger partial charge in [0.2, 0.25) is 11.9 Å². The first-order valence-corrected chi connectivity index (χ1v) is 7.94. The Morgan fingerprint density at radius 1 is 1.26 bits per heavy atom. The van der Waals surface area contributed by atoms with E-state index in [0.29, 0.717) is 49.1 Å². The number of hydrogen-bond donors (Lipinski definition) is 1. The normalized spacial score (nSPS) is 16.4. The Morgan fingerprint density at radius 3 is 2.63 bits per heavy atom. The van der Waals surface area contributed by atoms with Crippen LogP contribution >= 0.6 is 0 Å². The third-order valence-corrected chi connectivity index (χ3v) is 3.95. The maximum Gasteiger partial charge on any atom is 0.323 e. The molecule has 1 aliphatic heterocycles. The molecular weight excluding hydrogens is 266 g/mol. The third-order valence-electron chi connectivity index (χ3n) is 2.67. The van der Waals surface area contributed by atoms with Crippen molar-refractivity contribution in [2.24, 2.45) is 0 Å². The molecule has 0 radical (unpaired) electrons. The molecule has 0 amide bonds. The van der Waals surface area contributed by atoms with Crippen LogP contribution in [0.3, 0.4) is 0 Å². The Labute approximate surface area is 115 Å². The molecule has 2 heterocycles. The van der Waals surface area contributed by atoms with E-state index in [1.165, 1.54) is 0 Å². The molecule has 19 heavy (non-hydrogen) atoms. The van der Waals surface area contributed by atoms with Gasteiger partial charge in [0.15, 0.2) is 0 Å². The van der Waals surface area contributed by atoms with Gasteiger partial charge in [-0.05, 0) is 13.8 Å². The molecule has 0 spiro atoms. The van der Waals surface area contributed by atoms with Gasteiger partial charge < -0.3 is 15.0 Å². The van der Waals surface area contributed by atoms with E-state index in [-0.39, 0.29) is 0 Å². The van der Waals surface area contributed by atoms with Gasteiger partial charge in [0.25, 0.3) is 0 Å². The Bertz CT molecular complexity index is 422. The summed E-state index contributed by atoms with van der Waals surface area (Å²) in [5, 5.41) is 3.07. The quantitative estimate of drug-likeness (QED) is 0.831. The number of rotatable bonds is 5. The number of aromatic nitrogens is 3. The van der Waals surface area contributed by atoms with Crippen molar-refractivity contribution < 1.29 is 8.95 Å². The average molecular weight is 285 g/mol. The maximum atomic E-state index is 11.4. The summed E-state index contributed by atoms with van der Waals surface area (Å²) in [4.78, 5) is 14.9. The third kappa shape index (κ3) is 3.76. The number of anilines is 2. The molecule has 8 heteroatoms. The molecule has 0 bridgehead atoms. The van der Waals surface area contributed by atoms with Gasteiger partial charge >= 0.3 is 6.01 Å². The second-order valence-electron chi connectivity index (χ2n) is 4.04. The van der Waals surface area contributed by atoms with E-state index in [0.717, 1.165) is 6.54 Å². The van der Waals surface area contributed by atoms with Crippen LogP contribution in [0.15, 0.2) is 0 Å². The summed E-state index contributed by atoms with van der Waals surface area (Å²) in [7, 11) is -0.712. The van der Waals surface area contributed by atoms with E-state index in [1.54, 1.807) is 0 Å². The van der Waals surface area contributed by atoms with E-state index in [9.17, 15) is 4.21 Å². The maximum absolute atomic E-state index is 11.4. The highest BCUT2D eigenvalue weighted by molar-refractivity contribution is 7.85. The first-order chi connectivity index (χ1) is 9.22. The fraction of sp³-hybridized carbons (Fsp3) is 0.727. The predicted molar refractivity (Wildman–Crippen MR) is 75.2 cm³/mol. The fourth-order valence-electron chi connectivity index (χ4n) is 1.76. The van der Waals surface area contributed by atoms with Gasteiger partial charge in [0, 0.05) is 41.9 Å². The second kappa shape index (κ2) is 6.65. The standard InChI is InChI=1S/C11H19N5O2S/c1-3-12-9-13-10(15-11(14-9)18-4-2)16-5-7-19(17)8-6-16/h3-8H2,1-2H3,(H,12,13,14,15). The van der Waals surface area contributed by atoms with Crippen LogP contribution in [0.4, 0.5) is 11.9 Å². The van der Waals surface area contributed by atoms with Crippen molar-refractivity contribution in [2.45, 2.75) is 13.8 Å². The van der Waals surface area contributed by atoms with Crippen molar-refractivity contribution in [1.82, 2.24) is 15.0 Å². The Kier molecular flexibility index (Phi) is 4.89. The van der Waals surface area contributed by atoms with Crippen molar-refractivity contribution in [2.75, 3.05) is 48.0 Å². The molecule has 1 N–H and O–H groups in total. The first kappa shape index (κ1) is 14.0. The van der Waals surface area contributed by atoms with Crippen molar-refractivity contribution in [3.8, 4) is 6.01 Å². The van der Waals surface area contributed by atoms with Gasteiger partial charge in [-0.2, -0.15) is 15.0 Å². The van der Waals surface area contributed by atoms with Gasteiger partial charge in [-0.1, -0.05) is 0 Å². The topological polar surface area (TPSA) is 80.2 Å². The number of hydrogen-bond acceptors (Lipinski definition) is 7. The smallest absolute Gasteiger partial charge is 0.323 e. The first-order valence-electron chi connectivity index (χ1n) is 6.45. The van der Waals surface area contributed by atoms with Crippen LogP contribution in [0.2, 0.25) is 0 Å². The molecular formula is C11H19N5O2S. The minimum absolute atomic E-state index is 0.329. The van der Waals surface area contributed by atoms with Crippen LogP contribution in [-0.2, 0) is 10.8 Å². The van der Waals surface area contributed by atoms with E-state index in [2.05, 4.69) is 20.3 Å². The van der Waals surface area contributed by atoms with E-state index in [1.807, 2.05) is 18.7 Å². The van der Waals surface area contributed by atoms with Crippen LogP contribution in [0.1, 0.15) is 13.8 Å². The van der Waals surface area contributed by atoms with Crippen LogP contribution in [0.5, 0.6) is 6.01 Å². The van der Waals surface area contributed by atoms with Gasteiger partial charge in [-0.3, -0.25) is 4.21 Å². The van der Waals surface area contributed by atoms with Crippen LogP contribution < -0.4 is 15.0 Å². The molecule has 1 fully saturated rings. The summed E-state index contributed by atoms with van der Waals surface area (Å²) < 4.78 is 16.7. The van der Waals surface area contributed by atoms with E-state index >= 15 is 0 Å². The lowest BCUT2D eigenvalue weighted by Gasteiger charge is -2.26. The van der Waals surface area contributed by atoms with Gasteiger partial charge in [-0.15, -0.1) is 0 Å². The van der Waals surface area contributed by atoms with Crippen LogP contribution in [-0.4, -0.2) is 56.9 Å².